The van der Waals surface area contributed by atoms with E-state index in [-0.39, 0.29) is 26.1 Å². The standard InChI is InChI=1S/C31H59N2O7P/c1-5-7-8-9-10-11-12-13-14-15-16-17-18-19-20-21-22-37-23-24-40-41(36,39-6-2)27-38-29(4)26-33-25-28(3)30(34)32-31(33)35/h25,29H,5-24,26-27H2,1-4H3,(H,32,34,35). The molecule has 0 aliphatic heterocycles. The SMILES string of the molecule is CCCCCCCCCCCCCCCCCCOCCOP(=O)(COC(C)Cn1cc(C)c(=O)[nH]c1=O)OCC. The van der Waals surface area contributed by atoms with Gasteiger partial charge in [-0.1, -0.05) is 103 Å². The fourth-order valence-corrected chi connectivity index (χ4v) is 6.11. The third kappa shape index (κ3) is 19.5. The van der Waals surface area contributed by atoms with Gasteiger partial charge in [-0.2, -0.15) is 0 Å². The predicted octanol–water partition coefficient (Wildman–Crippen LogP) is 7.73. The van der Waals surface area contributed by atoms with Gasteiger partial charge in [0.2, 0.25) is 0 Å². The number of hydrogen-bond acceptors (Lipinski definition) is 7. The quantitative estimate of drug-likeness (QED) is 0.0772. The Bertz CT molecular complexity index is 934. The maximum absolute atomic E-state index is 13.0. The first-order valence-corrected chi connectivity index (χ1v) is 17.9. The molecule has 1 N–H and O–H groups in total. The fourth-order valence-electron chi connectivity index (χ4n) is 4.70. The zero-order chi connectivity index (χ0) is 30.2. The van der Waals surface area contributed by atoms with Gasteiger partial charge in [0.1, 0.15) is 6.35 Å². The van der Waals surface area contributed by atoms with Gasteiger partial charge in [0.05, 0.1) is 32.5 Å². The van der Waals surface area contributed by atoms with Gasteiger partial charge < -0.3 is 18.5 Å². The topological polar surface area (TPSA) is 109 Å². The molecule has 2 unspecified atom stereocenters. The van der Waals surface area contributed by atoms with Gasteiger partial charge >= 0.3 is 13.3 Å². The summed E-state index contributed by atoms with van der Waals surface area (Å²) in [6, 6.07) is 0. The van der Waals surface area contributed by atoms with Crippen LogP contribution in [0.4, 0.5) is 0 Å². The number of nitrogens with one attached hydrogen (secondary N) is 1. The van der Waals surface area contributed by atoms with E-state index in [1.165, 1.54) is 107 Å². The summed E-state index contributed by atoms with van der Waals surface area (Å²) in [6.07, 6.45) is 22.2. The van der Waals surface area contributed by atoms with Gasteiger partial charge in [-0.3, -0.25) is 18.9 Å². The van der Waals surface area contributed by atoms with Crippen molar-refractivity contribution in [2.75, 3.05) is 32.8 Å². The van der Waals surface area contributed by atoms with E-state index in [9.17, 15) is 14.2 Å². The van der Waals surface area contributed by atoms with Crippen LogP contribution in [0.5, 0.6) is 0 Å². The molecule has 9 nitrogen and oxygen atoms in total. The summed E-state index contributed by atoms with van der Waals surface area (Å²) < 4.78 is 36.6. The summed E-state index contributed by atoms with van der Waals surface area (Å²) >= 11 is 0. The molecule has 1 heterocycles. The lowest BCUT2D eigenvalue weighted by molar-refractivity contribution is 0.0540. The summed E-state index contributed by atoms with van der Waals surface area (Å²) in [4.78, 5) is 25.8. The fraction of sp³-hybridized carbons (Fsp3) is 0.871. The molecule has 0 aromatic carbocycles. The summed E-state index contributed by atoms with van der Waals surface area (Å²) in [5.74, 6) is 0. The smallest absolute Gasteiger partial charge is 0.356 e. The Morgan fingerprint density at radius 1 is 0.780 bits per heavy atom. The first kappa shape index (κ1) is 37.8. The highest BCUT2D eigenvalue weighted by Gasteiger charge is 2.26. The number of rotatable bonds is 28. The van der Waals surface area contributed by atoms with Crippen LogP contribution in [0.25, 0.3) is 0 Å². The first-order chi connectivity index (χ1) is 19.8. The molecule has 0 aliphatic carbocycles. The number of H-pyrrole nitrogens is 1. The lowest BCUT2D eigenvalue weighted by Gasteiger charge is -2.21. The van der Waals surface area contributed by atoms with Gasteiger partial charge in [-0.05, 0) is 27.2 Å². The minimum Gasteiger partial charge on any atom is -0.379 e. The van der Waals surface area contributed by atoms with Gasteiger partial charge in [0, 0.05) is 18.4 Å². The Kier molecular flexibility index (Phi) is 22.3. The van der Waals surface area contributed by atoms with Gasteiger partial charge in [0.25, 0.3) is 5.56 Å². The number of aryl methyl sites for hydroxylation is 1. The number of aromatic amines is 1. The van der Waals surface area contributed by atoms with Crippen LogP contribution in [0, 0.1) is 6.92 Å². The highest BCUT2D eigenvalue weighted by Crippen LogP contribution is 2.48. The van der Waals surface area contributed by atoms with E-state index in [0.717, 1.165) is 6.42 Å². The van der Waals surface area contributed by atoms with Crippen LogP contribution in [-0.2, 0) is 29.6 Å². The summed E-state index contributed by atoms with van der Waals surface area (Å²) in [5.41, 5.74) is -0.493. The number of nitrogens with zero attached hydrogens (tertiary/aromatic N) is 1. The van der Waals surface area contributed by atoms with Crippen molar-refractivity contribution in [3.05, 3.63) is 32.6 Å². The summed E-state index contributed by atoms with van der Waals surface area (Å²) in [7, 11) is -3.45. The predicted molar refractivity (Wildman–Crippen MR) is 167 cm³/mol. The molecular formula is C31H59N2O7P. The average molecular weight is 603 g/mol. The van der Waals surface area contributed by atoms with Gasteiger partial charge in [0.15, 0.2) is 0 Å². The van der Waals surface area contributed by atoms with Crippen molar-refractivity contribution in [1.29, 1.82) is 0 Å². The maximum Gasteiger partial charge on any atom is 0.356 e. The molecule has 0 saturated heterocycles. The minimum absolute atomic E-state index is 0.159. The third-order valence-corrected chi connectivity index (χ3v) is 8.84. The van der Waals surface area contributed by atoms with E-state index in [1.807, 2.05) is 0 Å². The van der Waals surface area contributed by atoms with E-state index in [0.29, 0.717) is 18.8 Å². The molecule has 2 atom stereocenters. The molecule has 41 heavy (non-hydrogen) atoms. The average Bonchev–Trinajstić information content (AvgIpc) is 2.94. The van der Waals surface area contributed by atoms with Crippen LogP contribution in [0.3, 0.4) is 0 Å². The molecule has 0 saturated carbocycles. The Morgan fingerprint density at radius 2 is 1.32 bits per heavy atom. The van der Waals surface area contributed by atoms with Crippen molar-refractivity contribution in [3.8, 4) is 0 Å². The Labute approximate surface area is 248 Å². The van der Waals surface area contributed by atoms with Crippen molar-refractivity contribution in [2.45, 2.75) is 143 Å². The van der Waals surface area contributed by atoms with Crippen LogP contribution in [0.1, 0.15) is 129 Å². The van der Waals surface area contributed by atoms with Crippen molar-refractivity contribution in [1.82, 2.24) is 9.55 Å². The number of unbranched alkanes of at least 4 members (excludes halogenated alkanes) is 15. The van der Waals surface area contributed by atoms with E-state index in [4.69, 9.17) is 18.5 Å². The second-order valence-electron chi connectivity index (χ2n) is 11.1. The lowest BCUT2D eigenvalue weighted by Crippen LogP contribution is -2.34. The van der Waals surface area contributed by atoms with Crippen molar-refractivity contribution >= 4 is 7.60 Å². The molecule has 10 heteroatoms. The van der Waals surface area contributed by atoms with Crippen LogP contribution >= 0.6 is 7.60 Å². The normalized spacial score (nSPS) is 13.9. The van der Waals surface area contributed by atoms with Crippen LogP contribution in [-0.4, -0.2) is 48.4 Å². The molecule has 0 spiro atoms. The molecule has 0 radical (unpaired) electrons. The highest BCUT2D eigenvalue weighted by atomic mass is 31.2. The molecule has 0 bridgehead atoms. The van der Waals surface area contributed by atoms with E-state index in [2.05, 4.69) is 11.9 Å². The van der Waals surface area contributed by atoms with Crippen molar-refractivity contribution in [2.24, 2.45) is 0 Å². The van der Waals surface area contributed by atoms with E-state index in [1.54, 1.807) is 20.8 Å². The highest BCUT2D eigenvalue weighted by molar-refractivity contribution is 7.53. The van der Waals surface area contributed by atoms with Crippen LogP contribution in [0.2, 0.25) is 0 Å². The number of ether oxygens (including phenoxy) is 2. The molecule has 0 fully saturated rings. The number of aromatic nitrogens is 2. The molecule has 240 valence electrons. The zero-order valence-electron chi connectivity index (χ0n) is 26.5. The molecule has 1 aromatic rings. The minimum atomic E-state index is -3.45. The van der Waals surface area contributed by atoms with E-state index < -0.39 is 24.9 Å². The maximum atomic E-state index is 13.0. The molecule has 1 aromatic heterocycles. The van der Waals surface area contributed by atoms with Gasteiger partial charge in [-0.25, -0.2) is 4.79 Å². The van der Waals surface area contributed by atoms with Crippen LogP contribution < -0.4 is 11.2 Å². The molecular weight excluding hydrogens is 543 g/mol. The molecule has 0 amide bonds. The van der Waals surface area contributed by atoms with E-state index >= 15 is 0 Å². The first-order valence-electron chi connectivity index (χ1n) is 16.2. The van der Waals surface area contributed by atoms with Crippen LogP contribution in [0.15, 0.2) is 15.8 Å². The second kappa shape index (κ2) is 24.2. The van der Waals surface area contributed by atoms with Gasteiger partial charge in [-0.15, -0.1) is 0 Å². The third-order valence-electron chi connectivity index (χ3n) is 7.14. The summed E-state index contributed by atoms with van der Waals surface area (Å²) in [5, 5.41) is 0. The second-order valence-corrected chi connectivity index (χ2v) is 13.1. The zero-order valence-corrected chi connectivity index (χ0v) is 27.4. The lowest BCUT2D eigenvalue weighted by atomic mass is 10.0. The molecule has 0 aliphatic rings. The largest absolute Gasteiger partial charge is 0.379 e. The Hall–Kier alpha value is -1.25. The monoisotopic (exact) mass is 602 g/mol. The molecule has 1 rings (SSSR count). The Morgan fingerprint density at radius 3 is 1.85 bits per heavy atom. The Balaban J connectivity index is 2.03. The summed E-state index contributed by atoms with van der Waals surface area (Å²) in [6.45, 7) is 9.00. The van der Waals surface area contributed by atoms with Crippen molar-refractivity contribution < 1.29 is 23.1 Å². The number of hydrogen-bond donors (Lipinski definition) is 1. The van der Waals surface area contributed by atoms with Crippen molar-refractivity contribution in [3.63, 3.8) is 0 Å².